The molecule has 146 valence electrons. The van der Waals surface area contributed by atoms with E-state index < -0.39 is 11.7 Å². The first-order valence-corrected chi connectivity index (χ1v) is 9.11. The maximum atomic E-state index is 11.9. The van der Waals surface area contributed by atoms with Gasteiger partial charge in [0.15, 0.2) is 5.82 Å². The van der Waals surface area contributed by atoms with Gasteiger partial charge in [-0.1, -0.05) is 18.5 Å². The Kier molecular flexibility index (Phi) is 6.85. The van der Waals surface area contributed by atoms with E-state index >= 15 is 0 Å². The third-order valence-electron chi connectivity index (χ3n) is 3.60. The molecule has 0 aliphatic rings. The molecule has 0 bridgehead atoms. The quantitative estimate of drug-likeness (QED) is 0.681. The standard InChI is InChI=1S/C19H25ClN4O3/c1-5-13(23-18(26)27-19(2,3)4)11-22-16-8-9-21-17(24-16)14-10-12(20)6-7-15(14)25/h6-10,13,25H,5,11H2,1-4H3,(H,23,26)(H,21,22,24)/t13-/m1/s1. The molecule has 0 saturated heterocycles. The van der Waals surface area contributed by atoms with Crippen molar-refractivity contribution in [3.8, 4) is 17.1 Å². The number of phenolic OH excluding ortho intramolecular Hbond substituents is 1. The molecule has 8 heteroatoms. The summed E-state index contributed by atoms with van der Waals surface area (Å²) in [6, 6.07) is 6.29. The molecule has 1 aromatic carbocycles. The lowest BCUT2D eigenvalue weighted by molar-refractivity contribution is 0.0506. The second kappa shape index (κ2) is 8.90. The van der Waals surface area contributed by atoms with Gasteiger partial charge in [-0.05, 0) is 51.5 Å². The van der Waals surface area contributed by atoms with Crippen LogP contribution in [0, 0.1) is 0 Å². The van der Waals surface area contributed by atoms with Gasteiger partial charge in [0.05, 0.1) is 5.56 Å². The summed E-state index contributed by atoms with van der Waals surface area (Å²) in [7, 11) is 0. The highest BCUT2D eigenvalue weighted by molar-refractivity contribution is 6.30. The first-order chi connectivity index (χ1) is 12.7. The minimum atomic E-state index is -0.545. The van der Waals surface area contributed by atoms with Crippen molar-refractivity contribution >= 4 is 23.5 Å². The zero-order chi connectivity index (χ0) is 20.0. The number of benzene rings is 1. The number of aromatic hydroxyl groups is 1. The second-order valence-corrected chi connectivity index (χ2v) is 7.50. The van der Waals surface area contributed by atoms with Crippen LogP contribution in [-0.2, 0) is 4.74 Å². The van der Waals surface area contributed by atoms with Crippen LogP contribution in [0.25, 0.3) is 11.4 Å². The predicted molar refractivity (Wildman–Crippen MR) is 106 cm³/mol. The first-order valence-electron chi connectivity index (χ1n) is 8.73. The van der Waals surface area contributed by atoms with Gasteiger partial charge in [-0.25, -0.2) is 14.8 Å². The Bertz CT molecular complexity index is 793. The van der Waals surface area contributed by atoms with Gasteiger partial charge in [-0.2, -0.15) is 0 Å². The molecule has 7 nitrogen and oxygen atoms in total. The summed E-state index contributed by atoms with van der Waals surface area (Å²) in [5, 5.41) is 16.5. The summed E-state index contributed by atoms with van der Waals surface area (Å²) in [6.07, 6.45) is 1.86. The fourth-order valence-corrected chi connectivity index (χ4v) is 2.45. The minimum Gasteiger partial charge on any atom is -0.507 e. The molecule has 1 amide bonds. The maximum Gasteiger partial charge on any atom is 0.407 e. The average molecular weight is 393 g/mol. The first kappa shape index (κ1) is 20.8. The van der Waals surface area contributed by atoms with E-state index in [1.54, 1.807) is 24.4 Å². The fourth-order valence-electron chi connectivity index (χ4n) is 2.27. The van der Waals surface area contributed by atoms with Crippen molar-refractivity contribution in [1.29, 1.82) is 0 Å². The van der Waals surface area contributed by atoms with Crippen molar-refractivity contribution in [2.75, 3.05) is 11.9 Å². The number of anilines is 1. The molecule has 0 spiro atoms. The van der Waals surface area contributed by atoms with Crippen molar-refractivity contribution in [2.45, 2.75) is 45.8 Å². The van der Waals surface area contributed by atoms with Gasteiger partial charge in [0, 0.05) is 23.8 Å². The lowest BCUT2D eigenvalue weighted by Gasteiger charge is -2.23. The molecule has 27 heavy (non-hydrogen) atoms. The fraction of sp³-hybridized carbons (Fsp3) is 0.421. The van der Waals surface area contributed by atoms with E-state index in [9.17, 15) is 9.90 Å². The van der Waals surface area contributed by atoms with Crippen LogP contribution in [-0.4, -0.2) is 39.4 Å². The smallest absolute Gasteiger partial charge is 0.407 e. The van der Waals surface area contributed by atoms with Crippen molar-refractivity contribution in [3.63, 3.8) is 0 Å². The molecule has 0 fully saturated rings. The number of ether oxygens (including phenoxy) is 1. The van der Waals surface area contributed by atoms with Crippen molar-refractivity contribution in [1.82, 2.24) is 15.3 Å². The number of carbonyl (C=O) groups excluding carboxylic acids is 1. The highest BCUT2D eigenvalue weighted by Gasteiger charge is 2.19. The van der Waals surface area contributed by atoms with Gasteiger partial charge in [0.2, 0.25) is 0 Å². The Morgan fingerprint density at radius 3 is 2.74 bits per heavy atom. The molecule has 0 unspecified atom stereocenters. The monoisotopic (exact) mass is 392 g/mol. The number of hydrogen-bond acceptors (Lipinski definition) is 6. The van der Waals surface area contributed by atoms with Crippen LogP contribution in [0.2, 0.25) is 5.02 Å². The number of rotatable bonds is 6. The van der Waals surface area contributed by atoms with E-state index in [1.165, 1.54) is 6.07 Å². The summed E-state index contributed by atoms with van der Waals surface area (Å²) in [5.41, 5.74) is -0.0962. The van der Waals surface area contributed by atoms with Gasteiger partial charge < -0.3 is 20.5 Å². The number of carbonyl (C=O) groups is 1. The van der Waals surface area contributed by atoms with Gasteiger partial charge in [-0.3, -0.25) is 0 Å². The summed E-state index contributed by atoms with van der Waals surface area (Å²) in [6.45, 7) is 7.89. The van der Waals surface area contributed by atoms with Crippen LogP contribution < -0.4 is 10.6 Å². The SMILES string of the molecule is CC[C@H](CNc1ccnc(-c2cc(Cl)ccc2O)n1)NC(=O)OC(C)(C)C. The number of amides is 1. The van der Waals surface area contributed by atoms with Crippen LogP contribution >= 0.6 is 11.6 Å². The lowest BCUT2D eigenvalue weighted by Crippen LogP contribution is -2.42. The molecule has 1 atom stereocenters. The number of alkyl carbamates (subject to hydrolysis) is 1. The van der Waals surface area contributed by atoms with E-state index in [4.69, 9.17) is 16.3 Å². The van der Waals surface area contributed by atoms with Crippen LogP contribution in [0.3, 0.4) is 0 Å². The van der Waals surface area contributed by atoms with Crippen molar-refractivity contribution < 1.29 is 14.6 Å². The van der Waals surface area contributed by atoms with Crippen molar-refractivity contribution in [3.05, 3.63) is 35.5 Å². The summed E-state index contributed by atoms with van der Waals surface area (Å²) >= 11 is 5.99. The maximum absolute atomic E-state index is 11.9. The number of phenols is 1. The van der Waals surface area contributed by atoms with Gasteiger partial charge in [0.25, 0.3) is 0 Å². The highest BCUT2D eigenvalue weighted by atomic mass is 35.5. The number of nitrogens with one attached hydrogen (secondary N) is 2. The highest BCUT2D eigenvalue weighted by Crippen LogP contribution is 2.29. The molecular weight excluding hydrogens is 368 g/mol. The van der Waals surface area contributed by atoms with Gasteiger partial charge in [-0.15, -0.1) is 0 Å². The number of aromatic nitrogens is 2. The molecule has 0 aliphatic carbocycles. The molecule has 0 aliphatic heterocycles. The Morgan fingerprint density at radius 2 is 2.07 bits per heavy atom. The molecule has 2 aromatic rings. The summed E-state index contributed by atoms with van der Waals surface area (Å²) < 4.78 is 5.28. The Labute approximate surface area is 164 Å². The van der Waals surface area contributed by atoms with E-state index in [-0.39, 0.29) is 11.8 Å². The van der Waals surface area contributed by atoms with E-state index in [1.807, 2.05) is 27.7 Å². The van der Waals surface area contributed by atoms with Crippen molar-refractivity contribution in [2.24, 2.45) is 0 Å². The molecule has 3 N–H and O–H groups in total. The lowest BCUT2D eigenvalue weighted by atomic mass is 10.2. The topological polar surface area (TPSA) is 96.4 Å². The third kappa shape index (κ3) is 6.60. The van der Waals surface area contributed by atoms with Gasteiger partial charge in [0.1, 0.15) is 17.2 Å². The summed E-state index contributed by atoms with van der Waals surface area (Å²) in [5.74, 6) is 0.978. The van der Waals surface area contributed by atoms with Crippen LogP contribution in [0.5, 0.6) is 5.75 Å². The molecule has 0 radical (unpaired) electrons. The third-order valence-corrected chi connectivity index (χ3v) is 3.83. The zero-order valence-electron chi connectivity index (χ0n) is 15.9. The van der Waals surface area contributed by atoms with E-state index in [2.05, 4.69) is 20.6 Å². The van der Waals surface area contributed by atoms with E-state index in [0.29, 0.717) is 28.8 Å². The molecule has 2 rings (SSSR count). The Morgan fingerprint density at radius 1 is 1.33 bits per heavy atom. The minimum absolute atomic E-state index is 0.0505. The molecule has 1 heterocycles. The van der Waals surface area contributed by atoms with Crippen LogP contribution in [0.15, 0.2) is 30.5 Å². The van der Waals surface area contributed by atoms with Crippen LogP contribution in [0.1, 0.15) is 34.1 Å². The molecule has 1 aromatic heterocycles. The van der Waals surface area contributed by atoms with Crippen LogP contribution in [0.4, 0.5) is 10.6 Å². The Hall–Kier alpha value is -2.54. The number of halogens is 1. The number of nitrogens with zero attached hydrogens (tertiary/aromatic N) is 2. The number of hydrogen-bond donors (Lipinski definition) is 3. The average Bonchev–Trinajstić information content (AvgIpc) is 2.59. The molecule has 0 saturated carbocycles. The second-order valence-electron chi connectivity index (χ2n) is 7.06. The molecular formula is C19H25ClN4O3. The van der Waals surface area contributed by atoms with Gasteiger partial charge >= 0.3 is 6.09 Å². The normalized spacial score (nSPS) is 12.3. The zero-order valence-corrected chi connectivity index (χ0v) is 16.7. The predicted octanol–water partition coefficient (Wildman–Crippen LogP) is 4.22. The van der Waals surface area contributed by atoms with E-state index in [0.717, 1.165) is 6.42 Å². The largest absolute Gasteiger partial charge is 0.507 e. The Balaban J connectivity index is 2.03. The summed E-state index contributed by atoms with van der Waals surface area (Å²) in [4.78, 5) is 20.5.